The van der Waals surface area contributed by atoms with E-state index in [0.717, 1.165) is 5.92 Å². The summed E-state index contributed by atoms with van der Waals surface area (Å²) in [5.74, 6) is 0.838. The van der Waals surface area contributed by atoms with Crippen molar-refractivity contribution >= 4 is 7.28 Å². The minimum absolute atomic E-state index is 0.587. The molecule has 0 radical (unpaired) electrons. The van der Waals surface area contributed by atoms with Crippen LogP contribution in [-0.4, -0.2) is 7.28 Å². The molecule has 0 spiro atoms. The van der Waals surface area contributed by atoms with Gasteiger partial charge in [-0.1, -0.05) is 64.3 Å². The van der Waals surface area contributed by atoms with Gasteiger partial charge in [-0.2, -0.15) is 0 Å². The molecular formula is C14H29B. The van der Waals surface area contributed by atoms with Gasteiger partial charge in [-0.25, -0.2) is 0 Å². The highest BCUT2D eigenvalue weighted by molar-refractivity contribution is 6.38. The standard InChI is InChI=1S/C14H29B/c1-6-7-8-9-10-11-14(4,15-5)12-13(2)3/h6-7,13,15H,8-12H2,1-5H3. The lowest BCUT2D eigenvalue weighted by Crippen LogP contribution is -2.17. The fraction of sp³-hybridized carbons (Fsp3) is 0.857. The van der Waals surface area contributed by atoms with E-state index >= 15 is 0 Å². The van der Waals surface area contributed by atoms with Gasteiger partial charge in [-0.05, 0) is 25.7 Å². The fourth-order valence-electron chi connectivity index (χ4n) is 2.39. The molecule has 0 bridgehead atoms. The van der Waals surface area contributed by atoms with Gasteiger partial charge in [0.05, 0.1) is 0 Å². The van der Waals surface area contributed by atoms with E-state index in [1.165, 1.54) is 39.4 Å². The zero-order chi connectivity index (χ0) is 11.7. The molecule has 0 N–H and O–H groups in total. The van der Waals surface area contributed by atoms with Crippen LogP contribution in [0.2, 0.25) is 12.1 Å². The van der Waals surface area contributed by atoms with Gasteiger partial charge >= 0.3 is 0 Å². The maximum absolute atomic E-state index is 2.46. The largest absolute Gasteiger partial charge is 0.124 e. The van der Waals surface area contributed by atoms with Crippen molar-refractivity contribution in [1.29, 1.82) is 0 Å². The molecule has 0 aliphatic heterocycles. The molecule has 0 fully saturated rings. The van der Waals surface area contributed by atoms with Gasteiger partial charge in [-0.3, -0.25) is 0 Å². The van der Waals surface area contributed by atoms with E-state index in [1.54, 1.807) is 0 Å². The summed E-state index contributed by atoms with van der Waals surface area (Å²) >= 11 is 0. The van der Waals surface area contributed by atoms with Crippen LogP contribution in [0.3, 0.4) is 0 Å². The van der Waals surface area contributed by atoms with Crippen LogP contribution >= 0.6 is 0 Å². The predicted octanol–water partition coefficient (Wildman–Crippen LogP) is 4.83. The van der Waals surface area contributed by atoms with E-state index in [0.29, 0.717) is 5.31 Å². The fourth-order valence-corrected chi connectivity index (χ4v) is 2.39. The lowest BCUT2D eigenvalue weighted by Gasteiger charge is -2.29. The van der Waals surface area contributed by atoms with Gasteiger partial charge in [-0.15, -0.1) is 0 Å². The van der Waals surface area contributed by atoms with Crippen LogP contribution in [0.5, 0.6) is 0 Å². The Morgan fingerprint density at radius 1 is 1.27 bits per heavy atom. The van der Waals surface area contributed by atoms with Crippen molar-refractivity contribution in [3.05, 3.63) is 12.2 Å². The zero-order valence-electron chi connectivity index (χ0n) is 11.5. The van der Waals surface area contributed by atoms with E-state index in [9.17, 15) is 0 Å². The van der Waals surface area contributed by atoms with E-state index in [-0.39, 0.29) is 0 Å². The molecule has 1 unspecified atom stereocenters. The van der Waals surface area contributed by atoms with E-state index in [1.807, 2.05) is 0 Å². The first-order valence-corrected chi connectivity index (χ1v) is 6.65. The third-order valence-corrected chi connectivity index (χ3v) is 3.39. The van der Waals surface area contributed by atoms with Gasteiger partial charge in [0.15, 0.2) is 0 Å². The van der Waals surface area contributed by atoms with Crippen molar-refractivity contribution in [2.24, 2.45) is 5.92 Å². The van der Waals surface area contributed by atoms with Crippen molar-refractivity contribution in [2.75, 3.05) is 0 Å². The predicted molar refractivity (Wildman–Crippen MR) is 74.1 cm³/mol. The Bertz CT molecular complexity index is 172. The van der Waals surface area contributed by atoms with Crippen LogP contribution in [0.15, 0.2) is 12.2 Å². The average Bonchev–Trinajstić information content (AvgIpc) is 2.16. The number of unbranched alkanes of at least 4 members (excludes halogenated alkanes) is 2. The maximum atomic E-state index is 2.46. The summed E-state index contributed by atoms with van der Waals surface area (Å²) in [6.45, 7) is 11.6. The second kappa shape index (κ2) is 8.02. The molecule has 0 aliphatic rings. The van der Waals surface area contributed by atoms with Crippen molar-refractivity contribution in [2.45, 2.75) is 71.9 Å². The van der Waals surface area contributed by atoms with Crippen LogP contribution in [0.1, 0.15) is 59.8 Å². The molecule has 0 aliphatic carbocycles. The Balaban J connectivity index is 3.77. The monoisotopic (exact) mass is 208 g/mol. The van der Waals surface area contributed by atoms with Gasteiger partial charge in [0.25, 0.3) is 0 Å². The third kappa shape index (κ3) is 7.70. The van der Waals surface area contributed by atoms with Gasteiger partial charge in [0.1, 0.15) is 7.28 Å². The molecule has 0 amide bonds. The first kappa shape index (κ1) is 14.8. The van der Waals surface area contributed by atoms with E-state index in [4.69, 9.17) is 0 Å². The highest BCUT2D eigenvalue weighted by atomic mass is 14.2. The minimum atomic E-state index is 0.587. The molecule has 0 saturated carbocycles. The Labute approximate surface area is 97.8 Å². The van der Waals surface area contributed by atoms with Crippen LogP contribution in [0.25, 0.3) is 0 Å². The molecule has 0 heterocycles. The summed E-state index contributed by atoms with van der Waals surface area (Å²) < 4.78 is 0. The second-order valence-corrected chi connectivity index (χ2v) is 5.58. The topological polar surface area (TPSA) is 0 Å². The van der Waals surface area contributed by atoms with Crippen LogP contribution in [0.4, 0.5) is 0 Å². The summed E-state index contributed by atoms with van der Waals surface area (Å²) in [5, 5.41) is 0.587. The van der Waals surface area contributed by atoms with Crippen LogP contribution in [0, 0.1) is 5.92 Å². The quantitative estimate of drug-likeness (QED) is 0.304. The van der Waals surface area contributed by atoms with Crippen molar-refractivity contribution < 1.29 is 0 Å². The highest BCUT2D eigenvalue weighted by Gasteiger charge is 2.23. The molecule has 0 saturated heterocycles. The summed E-state index contributed by atoms with van der Waals surface area (Å²) in [6, 6.07) is 0. The Hall–Kier alpha value is -0.195. The molecule has 0 aromatic carbocycles. The minimum Gasteiger partial charge on any atom is -0.0917 e. The number of hydrogen-bond donors (Lipinski definition) is 0. The normalized spacial score (nSPS) is 15.9. The summed E-state index contributed by atoms with van der Waals surface area (Å²) in [6.07, 6.45) is 11.2. The van der Waals surface area contributed by atoms with E-state index < -0.39 is 0 Å². The summed E-state index contributed by atoms with van der Waals surface area (Å²) in [7, 11) is 1.33. The van der Waals surface area contributed by atoms with Gasteiger partial charge in [0.2, 0.25) is 0 Å². The molecule has 0 rings (SSSR count). The molecule has 15 heavy (non-hydrogen) atoms. The van der Waals surface area contributed by atoms with E-state index in [2.05, 4.69) is 46.7 Å². The molecule has 1 heteroatoms. The summed E-state index contributed by atoms with van der Waals surface area (Å²) in [5.41, 5.74) is 0. The second-order valence-electron chi connectivity index (χ2n) is 5.58. The number of allylic oxidation sites excluding steroid dienone is 2. The molecule has 0 aromatic rings. The highest BCUT2D eigenvalue weighted by Crippen LogP contribution is 2.38. The molecule has 0 aromatic heterocycles. The van der Waals surface area contributed by atoms with Crippen molar-refractivity contribution in [3.8, 4) is 0 Å². The Morgan fingerprint density at radius 3 is 2.40 bits per heavy atom. The van der Waals surface area contributed by atoms with Crippen LogP contribution in [-0.2, 0) is 0 Å². The smallest absolute Gasteiger partial charge is 0.0917 e. The van der Waals surface area contributed by atoms with Crippen molar-refractivity contribution in [3.63, 3.8) is 0 Å². The molecule has 1 atom stereocenters. The SMILES string of the molecule is CBC(C)(CCCCC=CC)CC(C)C. The number of hydrogen-bond acceptors (Lipinski definition) is 0. The molecule has 88 valence electrons. The van der Waals surface area contributed by atoms with Gasteiger partial charge in [0, 0.05) is 0 Å². The van der Waals surface area contributed by atoms with Crippen LogP contribution < -0.4 is 0 Å². The van der Waals surface area contributed by atoms with Crippen molar-refractivity contribution in [1.82, 2.24) is 0 Å². The van der Waals surface area contributed by atoms with Gasteiger partial charge < -0.3 is 0 Å². The lowest BCUT2D eigenvalue weighted by atomic mass is 9.50. The first-order chi connectivity index (χ1) is 7.04. The Kier molecular flexibility index (Phi) is 7.91. The summed E-state index contributed by atoms with van der Waals surface area (Å²) in [4.78, 5) is 0. The lowest BCUT2D eigenvalue weighted by molar-refractivity contribution is 0.417. The molecular weight excluding hydrogens is 179 g/mol. The zero-order valence-corrected chi connectivity index (χ0v) is 11.5. The number of rotatable bonds is 8. The first-order valence-electron chi connectivity index (χ1n) is 6.65. The Morgan fingerprint density at radius 2 is 1.93 bits per heavy atom. The maximum Gasteiger partial charge on any atom is 0.124 e. The molecule has 0 nitrogen and oxygen atoms in total. The third-order valence-electron chi connectivity index (χ3n) is 3.39. The average molecular weight is 208 g/mol.